The van der Waals surface area contributed by atoms with Crippen molar-refractivity contribution in [2.45, 2.75) is 6.10 Å². The Balaban J connectivity index is 2.41. The molecule has 6 nitrogen and oxygen atoms in total. The molecular formula is C6H6BrN5OS. The Morgan fingerprint density at radius 2 is 2.36 bits per heavy atom. The van der Waals surface area contributed by atoms with Crippen molar-refractivity contribution < 1.29 is 5.11 Å². The van der Waals surface area contributed by atoms with Crippen molar-refractivity contribution in [1.82, 2.24) is 24.6 Å². The number of hydrogen-bond donors (Lipinski definition) is 1. The molecule has 0 spiro atoms. The van der Waals surface area contributed by atoms with E-state index < -0.39 is 6.10 Å². The summed E-state index contributed by atoms with van der Waals surface area (Å²) in [5.41, 5.74) is 1.07. The van der Waals surface area contributed by atoms with Crippen molar-refractivity contribution >= 4 is 27.5 Å². The molecule has 0 saturated heterocycles. The van der Waals surface area contributed by atoms with E-state index in [1.54, 1.807) is 12.4 Å². The van der Waals surface area contributed by atoms with E-state index in [2.05, 4.69) is 35.8 Å². The fraction of sp³-hybridized carbons (Fsp3) is 0.333. The summed E-state index contributed by atoms with van der Waals surface area (Å²) in [6.45, 7) is 0. The van der Waals surface area contributed by atoms with Gasteiger partial charge in [-0.15, -0.1) is 10.2 Å². The van der Waals surface area contributed by atoms with Crippen LogP contribution >= 0.6 is 27.5 Å². The Bertz CT molecular complexity index is 408. The highest BCUT2D eigenvalue weighted by Crippen LogP contribution is 2.25. The summed E-state index contributed by atoms with van der Waals surface area (Å²) in [5, 5.41) is 22.9. The maximum Gasteiger partial charge on any atom is 0.154 e. The zero-order valence-electron chi connectivity index (χ0n) is 7.12. The van der Waals surface area contributed by atoms with E-state index in [1.807, 2.05) is 0 Å². The van der Waals surface area contributed by atoms with E-state index in [9.17, 15) is 5.11 Å². The van der Waals surface area contributed by atoms with Crippen LogP contribution in [0.2, 0.25) is 0 Å². The molecule has 0 bridgehead atoms. The number of hydrogen-bond acceptors (Lipinski definition) is 6. The first-order valence-electron chi connectivity index (χ1n) is 3.70. The molecule has 1 atom stereocenters. The van der Waals surface area contributed by atoms with Gasteiger partial charge in [-0.1, -0.05) is 9.70 Å². The van der Waals surface area contributed by atoms with Gasteiger partial charge in [0.1, 0.15) is 17.5 Å². The van der Waals surface area contributed by atoms with Crippen molar-refractivity contribution in [3.63, 3.8) is 0 Å². The SMILES string of the molecule is Cn1nnc(Br)c1C(O)c1csnn1. The van der Waals surface area contributed by atoms with Crippen LogP contribution in [-0.4, -0.2) is 29.7 Å². The number of rotatable bonds is 2. The van der Waals surface area contributed by atoms with Crippen LogP contribution in [0.5, 0.6) is 0 Å². The van der Waals surface area contributed by atoms with Gasteiger partial charge >= 0.3 is 0 Å². The Hall–Kier alpha value is -0.860. The second-order valence-electron chi connectivity index (χ2n) is 2.62. The third kappa shape index (κ3) is 1.56. The zero-order chi connectivity index (χ0) is 10.1. The van der Waals surface area contributed by atoms with Gasteiger partial charge in [-0.2, -0.15) is 0 Å². The van der Waals surface area contributed by atoms with Gasteiger partial charge in [0.25, 0.3) is 0 Å². The first kappa shape index (κ1) is 9.69. The van der Waals surface area contributed by atoms with E-state index in [1.165, 1.54) is 16.2 Å². The minimum absolute atomic E-state index is 0.501. The maximum absolute atomic E-state index is 9.90. The fourth-order valence-electron chi connectivity index (χ4n) is 1.06. The first-order chi connectivity index (χ1) is 6.70. The maximum atomic E-state index is 9.90. The standard InChI is InChI=1S/C6H6BrN5OS/c1-12-4(6(7)9-10-12)5(13)3-2-14-11-8-3/h2,5,13H,1H3. The molecule has 0 aliphatic rings. The molecule has 2 aromatic rings. The van der Waals surface area contributed by atoms with Crippen LogP contribution in [0.25, 0.3) is 0 Å². The number of halogens is 1. The Kier molecular flexibility index (Phi) is 2.57. The van der Waals surface area contributed by atoms with Crippen molar-refractivity contribution in [3.05, 3.63) is 21.4 Å². The predicted molar refractivity (Wildman–Crippen MR) is 52.7 cm³/mol. The number of aromatic nitrogens is 5. The second-order valence-corrected chi connectivity index (χ2v) is 3.98. The van der Waals surface area contributed by atoms with Gasteiger partial charge in [-0.05, 0) is 27.5 Å². The van der Waals surface area contributed by atoms with E-state index >= 15 is 0 Å². The van der Waals surface area contributed by atoms with Crippen molar-refractivity contribution in [2.75, 3.05) is 0 Å². The molecule has 74 valence electrons. The van der Waals surface area contributed by atoms with E-state index in [4.69, 9.17) is 0 Å². The molecular weight excluding hydrogens is 270 g/mol. The average molecular weight is 276 g/mol. The monoisotopic (exact) mass is 275 g/mol. The molecule has 8 heteroatoms. The topological polar surface area (TPSA) is 76.7 Å². The number of aryl methyl sites for hydroxylation is 1. The van der Waals surface area contributed by atoms with Crippen LogP contribution in [0, 0.1) is 0 Å². The Labute approximate surface area is 91.9 Å². The molecule has 2 rings (SSSR count). The van der Waals surface area contributed by atoms with Crippen LogP contribution < -0.4 is 0 Å². The molecule has 2 aromatic heterocycles. The molecule has 2 heterocycles. The van der Waals surface area contributed by atoms with E-state index in [0.29, 0.717) is 16.0 Å². The lowest BCUT2D eigenvalue weighted by Gasteiger charge is -2.06. The van der Waals surface area contributed by atoms with Crippen LogP contribution in [0.4, 0.5) is 0 Å². The van der Waals surface area contributed by atoms with E-state index in [-0.39, 0.29) is 0 Å². The molecule has 0 aliphatic heterocycles. The molecule has 1 unspecified atom stereocenters. The predicted octanol–water partition coefficient (Wildman–Crippen LogP) is 0.511. The van der Waals surface area contributed by atoms with Gasteiger partial charge in [-0.3, -0.25) is 0 Å². The summed E-state index contributed by atoms with van der Waals surface area (Å²) in [6, 6.07) is 0. The summed E-state index contributed by atoms with van der Waals surface area (Å²) in [7, 11) is 1.70. The highest BCUT2D eigenvalue weighted by atomic mass is 79.9. The summed E-state index contributed by atoms with van der Waals surface area (Å²) in [6.07, 6.45) is -0.844. The van der Waals surface area contributed by atoms with Crippen LogP contribution in [0.15, 0.2) is 9.98 Å². The normalized spacial score (nSPS) is 13.1. The summed E-state index contributed by atoms with van der Waals surface area (Å²) < 4.78 is 5.69. The largest absolute Gasteiger partial charge is 0.380 e. The van der Waals surface area contributed by atoms with Gasteiger partial charge in [0.2, 0.25) is 0 Å². The molecule has 1 N–H and O–H groups in total. The van der Waals surface area contributed by atoms with E-state index in [0.717, 1.165) is 0 Å². The quantitative estimate of drug-likeness (QED) is 0.864. The fourth-order valence-corrected chi connectivity index (χ4v) is 2.08. The summed E-state index contributed by atoms with van der Waals surface area (Å²) in [5.74, 6) is 0. The van der Waals surface area contributed by atoms with Crippen molar-refractivity contribution in [3.8, 4) is 0 Å². The highest BCUT2D eigenvalue weighted by molar-refractivity contribution is 9.10. The average Bonchev–Trinajstić information content (AvgIpc) is 2.75. The molecule has 0 saturated carbocycles. The van der Waals surface area contributed by atoms with Gasteiger partial charge in [0, 0.05) is 12.4 Å². The molecule has 0 fully saturated rings. The third-order valence-electron chi connectivity index (χ3n) is 1.74. The zero-order valence-corrected chi connectivity index (χ0v) is 9.53. The minimum atomic E-state index is -0.844. The number of aliphatic hydroxyl groups is 1. The van der Waals surface area contributed by atoms with Gasteiger partial charge < -0.3 is 5.11 Å². The smallest absolute Gasteiger partial charge is 0.154 e. The number of aliphatic hydroxyl groups excluding tert-OH is 1. The lowest BCUT2D eigenvalue weighted by atomic mass is 10.2. The second kappa shape index (κ2) is 3.71. The molecule has 0 aliphatic carbocycles. The lowest BCUT2D eigenvalue weighted by Crippen LogP contribution is -2.07. The molecule has 14 heavy (non-hydrogen) atoms. The van der Waals surface area contributed by atoms with Crippen LogP contribution in [0.1, 0.15) is 17.5 Å². The van der Waals surface area contributed by atoms with Crippen LogP contribution in [-0.2, 0) is 7.05 Å². The highest BCUT2D eigenvalue weighted by Gasteiger charge is 2.21. The third-order valence-corrected chi connectivity index (χ3v) is 2.83. The molecule has 0 amide bonds. The molecule has 0 aromatic carbocycles. The van der Waals surface area contributed by atoms with Gasteiger partial charge in [-0.25, -0.2) is 4.68 Å². The Morgan fingerprint density at radius 3 is 2.86 bits per heavy atom. The minimum Gasteiger partial charge on any atom is -0.380 e. The van der Waals surface area contributed by atoms with Crippen molar-refractivity contribution in [1.29, 1.82) is 0 Å². The first-order valence-corrected chi connectivity index (χ1v) is 5.33. The summed E-state index contributed by atoms with van der Waals surface area (Å²) in [4.78, 5) is 0. The lowest BCUT2D eigenvalue weighted by molar-refractivity contribution is 0.204. The van der Waals surface area contributed by atoms with Gasteiger partial charge in [0.05, 0.1) is 0 Å². The number of nitrogens with zero attached hydrogens (tertiary/aromatic N) is 5. The van der Waals surface area contributed by atoms with Crippen LogP contribution in [0.3, 0.4) is 0 Å². The van der Waals surface area contributed by atoms with Crippen molar-refractivity contribution in [2.24, 2.45) is 7.05 Å². The summed E-state index contributed by atoms with van der Waals surface area (Å²) >= 11 is 4.39. The Morgan fingerprint density at radius 1 is 1.57 bits per heavy atom. The van der Waals surface area contributed by atoms with Gasteiger partial charge in [0.15, 0.2) is 4.60 Å². The molecule has 0 radical (unpaired) electrons.